The zero-order valence-corrected chi connectivity index (χ0v) is 11.7. The molecule has 1 aliphatic carbocycles. The Morgan fingerprint density at radius 3 is 2.70 bits per heavy atom. The van der Waals surface area contributed by atoms with Gasteiger partial charge in [-0.15, -0.1) is 11.3 Å². The van der Waals surface area contributed by atoms with Crippen molar-refractivity contribution in [3.05, 3.63) is 35.2 Å². The van der Waals surface area contributed by atoms with Gasteiger partial charge in [-0.1, -0.05) is 18.2 Å². The van der Waals surface area contributed by atoms with E-state index in [0.717, 1.165) is 29.3 Å². The largest absolute Gasteiger partial charge is 0.481 e. The van der Waals surface area contributed by atoms with Crippen LogP contribution in [0.2, 0.25) is 0 Å². The van der Waals surface area contributed by atoms with E-state index in [2.05, 4.69) is 5.32 Å². The van der Waals surface area contributed by atoms with Crippen molar-refractivity contribution in [2.75, 3.05) is 0 Å². The Morgan fingerprint density at radius 2 is 2.05 bits per heavy atom. The standard InChI is InChI=1S/C15H15NO3S/c17-13(18)8-15(6-3-7-15)16-14(19)11-9-20-12-5-2-1-4-10(11)12/h1-2,4-5,9H,3,6-8H2,(H,16,19)(H,17,18). The number of carboxylic acids is 1. The maximum absolute atomic E-state index is 12.4. The number of nitrogens with one attached hydrogen (secondary N) is 1. The van der Waals surface area contributed by atoms with Gasteiger partial charge < -0.3 is 10.4 Å². The quantitative estimate of drug-likeness (QED) is 0.909. The lowest BCUT2D eigenvalue weighted by Gasteiger charge is -2.41. The minimum atomic E-state index is -0.861. The summed E-state index contributed by atoms with van der Waals surface area (Å²) in [6, 6.07) is 7.75. The Kier molecular flexibility index (Phi) is 3.22. The van der Waals surface area contributed by atoms with Gasteiger partial charge in [-0.3, -0.25) is 9.59 Å². The normalized spacial score (nSPS) is 16.6. The molecule has 1 saturated carbocycles. The van der Waals surface area contributed by atoms with E-state index < -0.39 is 11.5 Å². The maximum Gasteiger partial charge on any atom is 0.305 e. The van der Waals surface area contributed by atoms with Gasteiger partial charge in [0, 0.05) is 15.5 Å². The van der Waals surface area contributed by atoms with E-state index in [1.54, 1.807) is 0 Å². The fraction of sp³-hybridized carbons (Fsp3) is 0.333. The average molecular weight is 289 g/mol. The van der Waals surface area contributed by atoms with Crippen molar-refractivity contribution < 1.29 is 14.7 Å². The summed E-state index contributed by atoms with van der Waals surface area (Å²) >= 11 is 1.53. The van der Waals surface area contributed by atoms with Crippen LogP contribution >= 0.6 is 11.3 Å². The second-order valence-electron chi connectivity index (χ2n) is 5.30. The third kappa shape index (κ3) is 2.29. The summed E-state index contributed by atoms with van der Waals surface area (Å²) < 4.78 is 1.07. The van der Waals surface area contributed by atoms with Crippen LogP contribution in [0.15, 0.2) is 29.6 Å². The first-order chi connectivity index (χ1) is 9.60. The molecule has 20 heavy (non-hydrogen) atoms. The van der Waals surface area contributed by atoms with Gasteiger partial charge in [-0.2, -0.15) is 0 Å². The topological polar surface area (TPSA) is 66.4 Å². The molecule has 0 bridgehead atoms. The van der Waals surface area contributed by atoms with E-state index >= 15 is 0 Å². The second-order valence-corrected chi connectivity index (χ2v) is 6.22. The number of amides is 1. The molecule has 0 radical (unpaired) electrons. The van der Waals surface area contributed by atoms with Gasteiger partial charge >= 0.3 is 5.97 Å². The fourth-order valence-electron chi connectivity index (χ4n) is 2.70. The molecule has 3 rings (SSSR count). The van der Waals surface area contributed by atoms with Crippen molar-refractivity contribution in [3.8, 4) is 0 Å². The zero-order chi connectivity index (χ0) is 14.2. The van der Waals surface area contributed by atoms with Crippen LogP contribution in [0.5, 0.6) is 0 Å². The first-order valence-electron chi connectivity index (χ1n) is 6.60. The van der Waals surface area contributed by atoms with Crippen molar-refractivity contribution in [1.29, 1.82) is 0 Å². The molecular weight excluding hydrogens is 274 g/mol. The smallest absolute Gasteiger partial charge is 0.305 e. The molecule has 1 fully saturated rings. The molecule has 0 atom stereocenters. The lowest BCUT2D eigenvalue weighted by molar-refractivity contribution is -0.139. The third-order valence-corrected chi connectivity index (χ3v) is 4.87. The van der Waals surface area contributed by atoms with Crippen molar-refractivity contribution in [1.82, 2.24) is 5.32 Å². The Labute approximate surface area is 120 Å². The van der Waals surface area contributed by atoms with Crippen molar-refractivity contribution in [3.63, 3.8) is 0 Å². The summed E-state index contributed by atoms with van der Waals surface area (Å²) in [4.78, 5) is 23.4. The Hall–Kier alpha value is -1.88. The highest BCUT2D eigenvalue weighted by Gasteiger charge is 2.40. The van der Waals surface area contributed by atoms with Crippen LogP contribution in [0, 0.1) is 0 Å². The summed E-state index contributed by atoms with van der Waals surface area (Å²) in [5, 5.41) is 14.7. The number of fused-ring (bicyclic) bond motifs is 1. The molecule has 0 spiro atoms. The maximum atomic E-state index is 12.4. The van der Waals surface area contributed by atoms with Gasteiger partial charge in [0.05, 0.1) is 17.5 Å². The first-order valence-corrected chi connectivity index (χ1v) is 7.48. The first kappa shape index (κ1) is 13.1. The molecule has 1 heterocycles. The summed E-state index contributed by atoms with van der Waals surface area (Å²) in [7, 11) is 0. The van der Waals surface area contributed by atoms with Crippen LogP contribution in [-0.2, 0) is 4.79 Å². The molecule has 0 aliphatic heterocycles. The molecule has 5 heteroatoms. The predicted octanol–water partition coefficient (Wildman–Crippen LogP) is 3.03. The van der Waals surface area contributed by atoms with Crippen LogP contribution in [-0.4, -0.2) is 22.5 Å². The molecule has 4 nitrogen and oxygen atoms in total. The fourth-order valence-corrected chi connectivity index (χ4v) is 3.64. The van der Waals surface area contributed by atoms with Gasteiger partial charge in [0.25, 0.3) is 5.91 Å². The van der Waals surface area contributed by atoms with Crippen molar-refractivity contribution in [2.45, 2.75) is 31.2 Å². The molecule has 1 aromatic carbocycles. The van der Waals surface area contributed by atoms with E-state index in [0.29, 0.717) is 5.56 Å². The molecule has 1 amide bonds. The molecular formula is C15H15NO3S. The van der Waals surface area contributed by atoms with Gasteiger partial charge in [0.2, 0.25) is 0 Å². The molecule has 104 valence electrons. The van der Waals surface area contributed by atoms with E-state index in [1.165, 1.54) is 11.3 Å². The highest BCUT2D eigenvalue weighted by atomic mass is 32.1. The number of benzene rings is 1. The van der Waals surface area contributed by atoms with E-state index in [9.17, 15) is 9.59 Å². The van der Waals surface area contributed by atoms with Crippen LogP contribution in [0.25, 0.3) is 10.1 Å². The number of carbonyl (C=O) groups excluding carboxylic acids is 1. The number of rotatable bonds is 4. The Morgan fingerprint density at radius 1 is 1.30 bits per heavy atom. The number of hydrogen-bond acceptors (Lipinski definition) is 3. The average Bonchev–Trinajstić information content (AvgIpc) is 2.79. The van der Waals surface area contributed by atoms with Gasteiger partial charge in [-0.25, -0.2) is 0 Å². The van der Waals surface area contributed by atoms with Crippen molar-refractivity contribution >= 4 is 33.3 Å². The second kappa shape index (κ2) is 4.90. The predicted molar refractivity (Wildman–Crippen MR) is 78.1 cm³/mol. The number of hydrogen-bond donors (Lipinski definition) is 2. The van der Waals surface area contributed by atoms with Gasteiger partial charge in [0.1, 0.15) is 0 Å². The molecule has 2 aromatic rings. The zero-order valence-electron chi connectivity index (χ0n) is 10.9. The number of thiophene rings is 1. The Bertz CT molecular complexity index is 673. The number of carbonyl (C=O) groups is 2. The van der Waals surface area contributed by atoms with Crippen molar-refractivity contribution in [2.24, 2.45) is 0 Å². The van der Waals surface area contributed by atoms with E-state index in [4.69, 9.17) is 5.11 Å². The summed E-state index contributed by atoms with van der Waals surface area (Å²) in [5.41, 5.74) is 0.0913. The van der Waals surface area contributed by atoms with Crippen LogP contribution < -0.4 is 5.32 Å². The van der Waals surface area contributed by atoms with Crippen LogP contribution in [0.4, 0.5) is 0 Å². The molecule has 0 unspecified atom stereocenters. The summed E-state index contributed by atoms with van der Waals surface area (Å²) in [6.45, 7) is 0. The summed E-state index contributed by atoms with van der Waals surface area (Å²) in [5.74, 6) is -1.02. The lowest BCUT2D eigenvalue weighted by Crippen LogP contribution is -2.54. The summed E-state index contributed by atoms with van der Waals surface area (Å²) in [6.07, 6.45) is 2.46. The van der Waals surface area contributed by atoms with Crippen LogP contribution in [0.3, 0.4) is 0 Å². The minimum Gasteiger partial charge on any atom is -0.481 e. The molecule has 1 aromatic heterocycles. The minimum absolute atomic E-state index is 0.000803. The monoisotopic (exact) mass is 289 g/mol. The number of carboxylic acid groups (broad SMARTS) is 1. The van der Waals surface area contributed by atoms with E-state index in [-0.39, 0.29) is 12.3 Å². The molecule has 1 aliphatic rings. The SMILES string of the molecule is O=C(O)CC1(NC(=O)c2csc3ccccc23)CCC1. The Balaban J connectivity index is 1.84. The van der Waals surface area contributed by atoms with Gasteiger partial charge in [0.15, 0.2) is 0 Å². The lowest BCUT2D eigenvalue weighted by atomic mass is 9.74. The number of aliphatic carboxylic acids is 1. The highest BCUT2D eigenvalue weighted by molar-refractivity contribution is 7.17. The third-order valence-electron chi connectivity index (χ3n) is 3.90. The molecule has 0 saturated heterocycles. The van der Waals surface area contributed by atoms with Crippen LogP contribution in [0.1, 0.15) is 36.0 Å². The van der Waals surface area contributed by atoms with Gasteiger partial charge in [-0.05, 0) is 25.3 Å². The van der Waals surface area contributed by atoms with E-state index in [1.807, 2.05) is 29.6 Å². The highest BCUT2D eigenvalue weighted by Crippen LogP contribution is 2.36. The molecule has 2 N–H and O–H groups in total.